The molecule has 0 rings (SSSR count). The molecular weight excluding hydrogens is 160 g/mol. The monoisotopic (exact) mass is 174 g/mol. The predicted molar refractivity (Wildman–Crippen MR) is 45.1 cm³/mol. The molecule has 0 spiro atoms. The van der Waals surface area contributed by atoms with Gasteiger partial charge in [0.2, 0.25) is 5.54 Å². The van der Waals surface area contributed by atoms with E-state index in [4.69, 9.17) is 5.21 Å². The summed E-state index contributed by atoms with van der Waals surface area (Å²) >= 11 is 0. The maximum Gasteiger partial charge on any atom is 0.224 e. The molecule has 0 aromatic carbocycles. The molecule has 12 heavy (non-hydrogen) atoms. The highest BCUT2D eigenvalue weighted by molar-refractivity contribution is 5.84. The highest BCUT2D eigenvalue weighted by Crippen LogP contribution is 2.21. The average Bonchev–Trinajstić information content (AvgIpc) is 2.01. The minimum absolute atomic E-state index is 0.369. The number of oxime groups is 1. The minimum atomic E-state index is -1.09. The first kappa shape index (κ1) is 10.9. The van der Waals surface area contributed by atoms with E-state index >= 15 is 0 Å². The van der Waals surface area contributed by atoms with Crippen LogP contribution in [0.25, 0.3) is 0 Å². The van der Waals surface area contributed by atoms with Gasteiger partial charge in [-0.2, -0.15) is 0 Å². The van der Waals surface area contributed by atoms with Crippen LogP contribution in [0, 0.1) is 16.0 Å². The third kappa shape index (κ3) is 1.93. The molecule has 0 aliphatic carbocycles. The molecule has 0 aliphatic heterocycles. The van der Waals surface area contributed by atoms with Crippen molar-refractivity contribution in [3.63, 3.8) is 0 Å². The summed E-state index contributed by atoms with van der Waals surface area (Å²) in [5.74, 6) is -0.377. The van der Waals surface area contributed by atoms with Gasteiger partial charge in [0.05, 0.1) is 11.6 Å². The summed E-state index contributed by atoms with van der Waals surface area (Å²) in [5, 5.41) is 21.9. The fourth-order valence-corrected chi connectivity index (χ4v) is 0.756. The highest BCUT2D eigenvalue weighted by Gasteiger charge is 2.39. The molecule has 1 unspecified atom stereocenters. The Morgan fingerprint density at radius 2 is 2.08 bits per heavy atom. The van der Waals surface area contributed by atoms with Crippen molar-refractivity contribution in [2.75, 3.05) is 0 Å². The SMILES string of the molecule is CC(=NO)C(C)C(C)(C)[N+](=O)[O-]. The topological polar surface area (TPSA) is 75.7 Å². The lowest BCUT2D eigenvalue weighted by atomic mass is 9.86. The van der Waals surface area contributed by atoms with Crippen LogP contribution in [0.15, 0.2) is 5.16 Å². The van der Waals surface area contributed by atoms with Crippen molar-refractivity contribution >= 4 is 5.71 Å². The van der Waals surface area contributed by atoms with Gasteiger partial charge in [0.25, 0.3) is 0 Å². The summed E-state index contributed by atoms with van der Waals surface area (Å²) in [6.45, 7) is 6.24. The smallest absolute Gasteiger partial charge is 0.224 e. The predicted octanol–water partition coefficient (Wildman–Crippen LogP) is 1.53. The van der Waals surface area contributed by atoms with Gasteiger partial charge >= 0.3 is 0 Å². The van der Waals surface area contributed by atoms with E-state index in [-0.39, 0.29) is 10.8 Å². The standard InChI is InChI=1S/C7H14N2O3/c1-5(6(2)8-10)7(3,4)9(11)12/h5,10H,1-4H3. The van der Waals surface area contributed by atoms with Crippen LogP contribution in [0.1, 0.15) is 27.7 Å². The van der Waals surface area contributed by atoms with Crippen LogP contribution in [0.4, 0.5) is 0 Å². The van der Waals surface area contributed by atoms with Gasteiger partial charge < -0.3 is 5.21 Å². The summed E-state index contributed by atoms with van der Waals surface area (Å²) in [4.78, 5) is 10.2. The molecular formula is C7H14N2O3. The fraction of sp³-hybridized carbons (Fsp3) is 0.857. The Bertz CT molecular complexity index is 211. The molecule has 70 valence electrons. The Kier molecular flexibility index (Phi) is 3.18. The first-order chi connectivity index (χ1) is 5.34. The van der Waals surface area contributed by atoms with Crippen LogP contribution in [0.2, 0.25) is 0 Å². The van der Waals surface area contributed by atoms with Crippen LogP contribution >= 0.6 is 0 Å². The normalized spacial score (nSPS) is 15.8. The molecule has 0 bridgehead atoms. The lowest BCUT2D eigenvalue weighted by Gasteiger charge is -2.22. The van der Waals surface area contributed by atoms with Crippen molar-refractivity contribution in [1.82, 2.24) is 0 Å². The van der Waals surface area contributed by atoms with Crippen molar-refractivity contribution in [2.45, 2.75) is 33.2 Å². The van der Waals surface area contributed by atoms with Gasteiger partial charge in [0, 0.05) is 18.8 Å². The van der Waals surface area contributed by atoms with Crippen molar-refractivity contribution in [3.05, 3.63) is 10.1 Å². The molecule has 0 aromatic rings. The maximum atomic E-state index is 10.6. The Morgan fingerprint density at radius 1 is 1.67 bits per heavy atom. The van der Waals surface area contributed by atoms with Crippen LogP contribution in [0.3, 0.4) is 0 Å². The number of hydrogen-bond donors (Lipinski definition) is 1. The summed E-state index contributed by atoms with van der Waals surface area (Å²) in [5.41, 5.74) is -0.715. The third-order valence-electron chi connectivity index (χ3n) is 2.31. The molecule has 0 fully saturated rings. The molecule has 0 radical (unpaired) electrons. The van der Waals surface area contributed by atoms with Crippen molar-refractivity contribution in [1.29, 1.82) is 0 Å². The van der Waals surface area contributed by atoms with Crippen LogP contribution < -0.4 is 0 Å². The van der Waals surface area contributed by atoms with E-state index < -0.39 is 5.54 Å². The molecule has 5 nitrogen and oxygen atoms in total. The molecule has 0 saturated carbocycles. The van der Waals surface area contributed by atoms with Gasteiger partial charge in [-0.1, -0.05) is 12.1 Å². The number of hydrogen-bond acceptors (Lipinski definition) is 4. The molecule has 5 heteroatoms. The Labute approximate surface area is 71.2 Å². The van der Waals surface area contributed by atoms with Gasteiger partial charge in [0.1, 0.15) is 0 Å². The van der Waals surface area contributed by atoms with E-state index in [1.807, 2.05) is 0 Å². The number of nitro groups is 1. The zero-order chi connectivity index (χ0) is 9.94. The van der Waals surface area contributed by atoms with Gasteiger partial charge in [-0.3, -0.25) is 10.1 Å². The quantitative estimate of drug-likeness (QED) is 0.305. The van der Waals surface area contributed by atoms with Crippen LogP contribution in [-0.4, -0.2) is 21.4 Å². The van der Waals surface area contributed by atoms with Crippen molar-refractivity contribution in [3.8, 4) is 0 Å². The second kappa shape index (κ2) is 3.51. The molecule has 0 heterocycles. The van der Waals surface area contributed by atoms with E-state index in [0.717, 1.165) is 0 Å². The first-order valence-electron chi connectivity index (χ1n) is 3.67. The molecule has 1 N–H and O–H groups in total. The molecule has 0 aliphatic rings. The van der Waals surface area contributed by atoms with Crippen molar-refractivity contribution < 1.29 is 10.1 Å². The number of rotatable bonds is 3. The zero-order valence-electron chi connectivity index (χ0n) is 7.74. The second-order valence-corrected chi connectivity index (χ2v) is 3.37. The van der Waals surface area contributed by atoms with E-state index in [9.17, 15) is 10.1 Å². The molecule has 0 amide bonds. The van der Waals surface area contributed by atoms with E-state index in [1.165, 1.54) is 13.8 Å². The first-order valence-corrected chi connectivity index (χ1v) is 3.67. The lowest BCUT2D eigenvalue weighted by Crippen LogP contribution is -2.41. The van der Waals surface area contributed by atoms with Crippen molar-refractivity contribution in [2.24, 2.45) is 11.1 Å². The molecule has 0 aromatic heterocycles. The highest BCUT2D eigenvalue weighted by atomic mass is 16.6. The summed E-state index contributed by atoms with van der Waals surface area (Å²) < 4.78 is 0. The lowest BCUT2D eigenvalue weighted by molar-refractivity contribution is -0.566. The minimum Gasteiger partial charge on any atom is -0.411 e. The summed E-state index contributed by atoms with van der Waals surface area (Å²) in [6, 6.07) is 0. The van der Waals surface area contributed by atoms with Crippen LogP contribution in [-0.2, 0) is 0 Å². The average molecular weight is 174 g/mol. The summed E-state index contributed by atoms with van der Waals surface area (Å²) in [6.07, 6.45) is 0. The fourth-order valence-electron chi connectivity index (χ4n) is 0.756. The van der Waals surface area contributed by atoms with E-state index in [1.54, 1.807) is 13.8 Å². The Morgan fingerprint density at radius 3 is 2.33 bits per heavy atom. The Hall–Kier alpha value is -1.13. The maximum absolute atomic E-state index is 10.6. The second-order valence-electron chi connectivity index (χ2n) is 3.37. The molecule has 0 saturated heterocycles. The van der Waals surface area contributed by atoms with E-state index in [0.29, 0.717) is 5.71 Å². The summed E-state index contributed by atoms with van der Waals surface area (Å²) in [7, 11) is 0. The molecule has 1 atom stereocenters. The van der Waals surface area contributed by atoms with Gasteiger partial charge in [-0.05, 0) is 6.92 Å². The van der Waals surface area contributed by atoms with E-state index in [2.05, 4.69) is 5.16 Å². The zero-order valence-corrected chi connectivity index (χ0v) is 7.74. The largest absolute Gasteiger partial charge is 0.411 e. The van der Waals surface area contributed by atoms with Gasteiger partial charge in [-0.25, -0.2) is 0 Å². The third-order valence-corrected chi connectivity index (χ3v) is 2.31. The number of nitrogens with zero attached hydrogens (tertiary/aromatic N) is 2. The van der Waals surface area contributed by atoms with Gasteiger partial charge in [0.15, 0.2) is 0 Å². The Balaban J connectivity index is 4.68. The van der Waals surface area contributed by atoms with Crippen LogP contribution in [0.5, 0.6) is 0 Å². The van der Waals surface area contributed by atoms with Gasteiger partial charge in [-0.15, -0.1) is 0 Å².